The molecule has 1 aliphatic heterocycles. The second-order valence-electron chi connectivity index (χ2n) is 4.82. The van der Waals surface area contributed by atoms with E-state index in [9.17, 15) is 4.79 Å². The first-order valence-electron chi connectivity index (χ1n) is 6.62. The summed E-state index contributed by atoms with van der Waals surface area (Å²) in [5, 5.41) is 8.91. The largest absolute Gasteiger partial charge is 0.478 e. The minimum absolute atomic E-state index is 0.210. The maximum Gasteiger partial charge on any atom is 0.337 e. The number of pyridine rings is 2. The molecule has 2 aromatic rings. The summed E-state index contributed by atoms with van der Waals surface area (Å²) in [6, 6.07) is 9.50. The number of aromatic carboxylic acids is 1. The predicted molar refractivity (Wildman–Crippen MR) is 74.8 cm³/mol. The molecule has 0 radical (unpaired) electrons. The monoisotopic (exact) mass is 269 g/mol. The van der Waals surface area contributed by atoms with Crippen LogP contribution in [0.1, 0.15) is 34.9 Å². The molecule has 1 atom stereocenters. The Labute approximate surface area is 116 Å². The van der Waals surface area contributed by atoms with Crippen LogP contribution in [0.2, 0.25) is 0 Å². The molecule has 3 rings (SSSR count). The van der Waals surface area contributed by atoms with E-state index < -0.39 is 5.97 Å². The SMILES string of the molecule is O=C(O)c1ccc(N2CCC[C@@H]2c2ccccn2)nc1. The molecule has 2 aromatic heterocycles. The molecule has 0 bridgehead atoms. The fourth-order valence-electron chi connectivity index (χ4n) is 2.60. The number of hydrogen-bond donors (Lipinski definition) is 1. The van der Waals surface area contributed by atoms with Crippen molar-refractivity contribution in [2.75, 3.05) is 11.4 Å². The number of nitrogens with zero attached hydrogens (tertiary/aromatic N) is 3. The Morgan fingerprint density at radius 3 is 2.80 bits per heavy atom. The standard InChI is InChI=1S/C15H15N3O2/c19-15(20)11-6-7-14(17-10-11)18-9-3-5-13(18)12-4-1-2-8-16-12/h1-2,4,6-8,10,13H,3,5,9H2,(H,19,20)/t13-/m1/s1. The molecule has 20 heavy (non-hydrogen) atoms. The molecule has 0 aromatic carbocycles. The lowest BCUT2D eigenvalue weighted by Gasteiger charge is -2.25. The summed E-state index contributed by atoms with van der Waals surface area (Å²) in [4.78, 5) is 21.7. The zero-order valence-corrected chi connectivity index (χ0v) is 10.9. The predicted octanol–water partition coefficient (Wildman–Crippen LogP) is 2.52. The van der Waals surface area contributed by atoms with E-state index in [2.05, 4.69) is 14.9 Å². The van der Waals surface area contributed by atoms with Crippen LogP contribution in [0.4, 0.5) is 5.82 Å². The van der Waals surface area contributed by atoms with Gasteiger partial charge in [0.05, 0.1) is 17.3 Å². The van der Waals surface area contributed by atoms with Gasteiger partial charge in [0, 0.05) is 18.9 Å². The van der Waals surface area contributed by atoms with Crippen molar-refractivity contribution in [1.82, 2.24) is 9.97 Å². The Balaban J connectivity index is 1.87. The molecule has 0 spiro atoms. The first-order valence-corrected chi connectivity index (χ1v) is 6.62. The van der Waals surface area contributed by atoms with Gasteiger partial charge >= 0.3 is 5.97 Å². The van der Waals surface area contributed by atoms with Gasteiger partial charge in [-0.3, -0.25) is 4.98 Å². The molecule has 1 saturated heterocycles. The minimum Gasteiger partial charge on any atom is -0.478 e. The van der Waals surface area contributed by atoms with Crippen molar-refractivity contribution in [2.45, 2.75) is 18.9 Å². The van der Waals surface area contributed by atoms with Gasteiger partial charge < -0.3 is 10.0 Å². The summed E-state index contributed by atoms with van der Waals surface area (Å²) in [5.74, 6) is -0.144. The van der Waals surface area contributed by atoms with Gasteiger partial charge in [-0.2, -0.15) is 0 Å². The van der Waals surface area contributed by atoms with Gasteiger partial charge in [0.15, 0.2) is 0 Å². The van der Waals surface area contributed by atoms with Gasteiger partial charge in [0.2, 0.25) is 0 Å². The summed E-state index contributed by atoms with van der Waals surface area (Å²) in [5.41, 5.74) is 1.25. The third-order valence-corrected chi connectivity index (χ3v) is 3.57. The fourth-order valence-corrected chi connectivity index (χ4v) is 2.60. The highest BCUT2D eigenvalue weighted by Gasteiger charge is 2.27. The number of anilines is 1. The van der Waals surface area contributed by atoms with E-state index in [0.717, 1.165) is 30.9 Å². The van der Waals surface area contributed by atoms with Gasteiger partial charge in [0.25, 0.3) is 0 Å². The van der Waals surface area contributed by atoms with Gasteiger partial charge in [-0.1, -0.05) is 6.07 Å². The Morgan fingerprint density at radius 2 is 2.15 bits per heavy atom. The molecule has 102 valence electrons. The number of carboxylic acid groups (broad SMARTS) is 1. The summed E-state index contributed by atoms with van der Waals surface area (Å²) in [7, 11) is 0. The molecular weight excluding hydrogens is 254 g/mol. The molecule has 1 aliphatic rings. The Kier molecular flexibility index (Phi) is 3.33. The van der Waals surface area contributed by atoms with Crippen molar-refractivity contribution < 1.29 is 9.90 Å². The number of carbonyl (C=O) groups is 1. The van der Waals surface area contributed by atoms with Crippen molar-refractivity contribution in [3.8, 4) is 0 Å². The highest BCUT2D eigenvalue weighted by molar-refractivity contribution is 5.87. The van der Waals surface area contributed by atoms with Crippen LogP contribution in [-0.2, 0) is 0 Å². The second kappa shape index (κ2) is 5.28. The van der Waals surface area contributed by atoms with Gasteiger partial charge in [0.1, 0.15) is 5.82 Å². The molecule has 0 aliphatic carbocycles. The molecule has 0 unspecified atom stereocenters. The molecule has 0 saturated carbocycles. The topological polar surface area (TPSA) is 66.3 Å². The van der Waals surface area contributed by atoms with E-state index in [1.54, 1.807) is 18.3 Å². The number of carboxylic acids is 1. The molecule has 1 N–H and O–H groups in total. The fraction of sp³-hybridized carbons (Fsp3) is 0.267. The highest BCUT2D eigenvalue weighted by atomic mass is 16.4. The smallest absolute Gasteiger partial charge is 0.337 e. The van der Waals surface area contributed by atoms with Crippen LogP contribution in [-0.4, -0.2) is 27.6 Å². The number of rotatable bonds is 3. The van der Waals surface area contributed by atoms with Crippen molar-refractivity contribution in [3.05, 3.63) is 54.0 Å². The zero-order valence-electron chi connectivity index (χ0n) is 10.9. The molecule has 0 amide bonds. The van der Waals surface area contributed by atoms with Crippen LogP contribution in [0.15, 0.2) is 42.7 Å². The van der Waals surface area contributed by atoms with E-state index in [-0.39, 0.29) is 11.6 Å². The zero-order chi connectivity index (χ0) is 13.9. The maximum absolute atomic E-state index is 10.9. The first-order chi connectivity index (χ1) is 9.75. The van der Waals surface area contributed by atoms with Gasteiger partial charge in [-0.05, 0) is 37.1 Å². The van der Waals surface area contributed by atoms with E-state index in [0.29, 0.717) is 0 Å². The number of hydrogen-bond acceptors (Lipinski definition) is 4. The number of aromatic nitrogens is 2. The summed E-state index contributed by atoms with van der Waals surface area (Å²) >= 11 is 0. The van der Waals surface area contributed by atoms with Crippen LogP contribution in [0.5, 0.6) is 0 Å². The molecule has 3 heterocycles. The minimum atomic E-state index is -0.952. The molecule has 1 fully saturated rings. The van der Waals surface area contributed by atoms with Crippen molar-refractivity contribution in [3.63, 3.8) is 0 Å². The van der Waals surface area contributed by atoms with Crippen LogP contribution < -0.4 is 4.90 Å². The van der Waals surface area contributed by atoms with E-state index in [1.165, 1.54) is 6.20 Å². The lowest BCUT2D eigenvalue weighted by molar-refractivity contribution is 0.0696. The lowest BCUT2D eigenvalue weighted by Crippen LogP contribution is -2.24. The quantitative estimate of drug-likeness (QED) is 0.927. The van der Waals surface area contributed by atoms with E-state index >= 15 is 0 Å². The normalized spacial score (nSPS) is 18.2. The van der Waals surface area contributed by atoms with Crippen LogP contribution in [0.25, 0.3) is 0 Å². The van der Waals surface area contributed by atoms with Gasteiger partial charge in [-0.25, -0.2) is 9.78 Å². The van der Waals surface area contributed by atoms with E-state index in [4.69, 9.17) is 5.11 Å². The van der Waals surface area contributed by atoms with Gasteiger partial charge in [-0.15, -0.1) is 0 Å². The Bertz CT molecular complexity index is 598. The van der Waals surface area contributed by atoms with Crippen LogP contribution in [0, 0.1) is 0 Å². The lowest BCUT2D eigenvalue weighted by atomic mass is 10.1. The van der Waals surface area contributed by atoms with E-state index in [1.807, 2.05) is 18.2 Å². The molecule has 5 heteroatoms. The summed E-state index contributed by atoms with van der Waals surface area (Å²) < 4.78 is 0. The average Bonchev–Trinajstić information content (AvgIpc) is 2.97. The average molecular weight is 269 g/mol. The summed E-state index contributed by atoms with van der Waals surface area (Å²) in [6.07, 6.45) is 5.33. The Morgan fingerprint density at radius 1 is 1.25 bits per heavy atom. The molecule has 5 nitrogen and oxygen atoms in total. The molecular formula is C15H15N3O2. The highest BCUT2D eigenvalue weighted by Crippen LogP contribution is 2.33. The van der Waals surface area contributed by atoms with Crippen molar-refractivity contribution in [2.24, 2.45) is 0 Å². The third kappa shape index (κ3) is 2.34. The summed E-state index contributed by atoms with van der Waals surface area (Å²) in [6.45, 7) is 0.917. The maximum atomic E-state index is 10.9. The van der Waals surface area contributed by atoms with Crippen molar-refractivity contribution in [1.29, 1.82) is 0 Å². The Hall–Kier alpha value is -2.43. The first kappa shape index (κ1) is 12.6. The second-order valence-corrected chi connectivity index (χ2v) is 4.82. The van der Waals surface area contributed by atoms with Crippen LogP contribution in [0.3, 0.4) is 0 Å². The van der Waals surface area contributed by atoms with Crippen molar-refractivity contribution >= 4 is 11.8 Å². The third-order valence-electron chi connectivity index (χ3n) is 3.57. The van der Waals surface area contributed by atoms with Crippen LogP contribution >= 0.6 is 0 Å².